The minimum absolute atomic E-state index is 0.238. The van der Waals surface area contributed by atoms with Crippen LogP contribution in [0, 0.1) is 0 Å². The third-order valence-corrected chi connectivity index (χ3v) is 6.77. The maximum Gasteiger partial charge on any atom is 0.262 e. The highest BCUT2D eigenvalue weighted by Gasteiger charge is 2.45. The molecule has 2 aliphatic rings. The van der Waals surface area contributed by atoms with Crippen LogP contribution in [0.4, 0.5) is 5.69 Å². The molecule has 1 N–H and O–H groups in total. The summed E-state index contributed by atoms with van der Waals surface area (Å²) in [4.78, 5) is 55.3. The average molecular weight is 522 g/mol. The Labute approximate surface area is 216 Å². The highest BCUT2D eigenvalue weighted by molar-refractivity contribution is 7.03. The normalized spacial score (nSPS) is 15.2. The fourth-order valence-electron chi connectivity index (χ4n) is 4.31. The van der Waals surface area contributed by atoms with Crippen LogP contribution < -0.4 is 14.8 Å². The van der Waals surface area contributed by atoms with Crippen LogP contribution in [0.1, 0.15) is 45.3 Å². The molecule has 37 heavy (non-hydrogen) atoms. The van der Waals surface area contributed by atoms with Crippen LogP contribution in [0.25, 0.3) is 0 Å². The molecule has 12 heteroatoms. The molecule has 4 amide bonds. The van der Waals surface area contributed by atoms with E-state index in [1.807, 2.05) is 0 Å². The van der Waals surface area contributed by atoms with Crippen molar-refractivity contribution < 1.29 is 28.7 Å². The molecule has 0 radical (unpaired) electrons. The van der Waals surface area contributed by atoms with E-state index < -0.39 is 36.2 Å². The number of methoxy groups -OCH3 is 2. The Bertz CT molecular complexity index is 1340. The predicted octanol–water partition coefficient (Wildman–Crippen LogP) is 2.52. The first-order valence-corrected chi connectivity index (χ1v) is 12.3. The number of anilines is 1. The molecule has 0 saturated heterocycles. The van der Waals surface area contributed by atoms with Crippen LogP contribution in [0.15, 0.2) is 47.8 Å². The van der Waals surface area contributed by atoms with E-state index in [2.05, 4.69) is 14.9 Å². The number of imide groups is 1. The Morgan fingerprint density at radius 3 is 2.38 bits per heavy atom. The summed E-state index contributed by atoms with van der Waals surface area (Å²) in [6.45, 7) is -0.490. The van der Waals surface area contributed by atoms with E-state index in [4.69, 9.17) is 9.47 Å². The summed E-state index contributed by atoms with van der Waals surface area (Å²) >= 11 is 1.05. The second kappa shape index (κ2) is 9.97. The zero-order chi connectivity index (χ0) is 26.1. The lowest BCUT2D eigenvalue weighted by atomic mass is 10.1. The van der Waals surface area contributed by atoms with Gasteiger partial charge in [-0.15, -0.1) is 5.10 Å². The Kier molecular flexibility index (Phi) is 6.57. The average Bonchev–Trinajstić information content (AvgIpc) is 3.55. The van der Waals surface area contributed by atoms with Gasteiger partial charge in [0.15, 0.2) is 6.04 Å². The first-order chi connectivity index (χ1) is 17.9. The minimum Gasteiger partial charge on any atom is -0.497 e. The van der Waals surface area contributed by atoms with Crippen LogP contribution in [-0.2, 0) is 9.59 Å². The van der Waals surface area contributed by atoms with Gasteiger partial charge in [0.1, 0.15) is 23.7 Å². The molecular weight excluding hydrogens is 498 g/mol. The molecule has 2 heterocycles. The molecule has 1 fully saturated rings. The molecule has 1 saturated carbocycles. The summed E-state index contributed by atoms with van der Waals surface area (Å²) in [6.07, 6.45) is 1.36. The van der Waals surface area contributed by atoms with Crippen molar-refractivity contribution in [2.75, 3.05) is 26.1 Å². The molecule has 2 aromatic carbocycles. The van der Waals surface area contributed by atoms with Crippen LogP contribution in [0.2, 0.25) is 0 Å². The van der Waals surface area contributed by atoms with Gasteiger partial charge >= 0.3 is 0 Å². The number of fused-ring (bicyclic) bond motifs is 1. The van der Waals surface area contributed by atoms with Gasteiger partial charge in [0.2, 0.25) is 5.91 Å². The number of benzene rings is 2. The number of hydrogen-bond acceptors (Lipinski definition) is 9. The third-order valence-electron chi connectivity index (χ3n) is 6.25. The number of hydrogen-bond donors (Lipinski definition) is 1. The molecular formula is C25H23N5O6S. The van der Waals surface area contributed by atoms with Gasteiger partial charge < -0.3 is 19.7 Å². The molecule has 5 rings (SSSR count). The second-order valence-electron chi connectivity index (χ2n) is 8.56. The first-order valence-electron chi connectivity index (χ1n) is 11.5. The number of amides is 4. The molecule has 1 aliphatic carbocycles. The van der Waals surface area contributed by atoms with Crippen molar-refractivity contribution in [1.29, 1.82) is 0 Å². The van der Waals surface area contributed by atoms with Gasteiger partial charge in [-0.2, -0.15) is 0 Å². The number of rotatable bonds is 9. The number of ether oxygens (including phenoxy) is 2. The molecule has 1 aromatic heterocycles. The Balaban J connectivity index is 1.43. The number of carbonyl (C=O) groups is 4. The fourth-order valence-corrected chi connectivity index (χ4v) is 4.78. The van der Waals surface area contributed by atoms with Gasteiger partial charge in [-0.05, 0) is 48.6 Å². The highest BCUT2D eigenvalue weighted by Crippen LogP contribution is 2.37. The summed E-state index contributed by atoms with van der Waals surface area (Å²) < 4.78 is 14.5. The third kappa shape index (κ3) is 4.62. The largest absolute Gasteiger partial charge is 0.497 e. The lowest BCUT2D eigenvalue weighted by molar-refractivity contribution is -0.140. The van der Waals surface area contributed by atoms with Crippen molar-refractivity contribution in [2.24, 2.45) is 0 Å². The molecule has 1 unspecified atom stereocenters. The van der Waals surface area contributed by atoms with Crippen molar-refractivity contribution in [1.82, 2.24) is 19.4 Å². The monoisotopic (exact) mass is 521 g/mol. The molecule has 0 spiro atoms. The van der Waals surface area contributed by atoms with Crippen LogP contribution in [0.3, 0.4) is 0 Å². The smallest absolute Gasteiger partial charge is 0.262 e. The fraction of sp³-hybridized carbons (Fsp3) is 0.280. The van der Waals surface area contributed by atoms with Gasteiger partial charge in [0.25, 0.3) is 17.7 Å². The molecule has 1 atom stereocenters. The molecule has 11 nitrogen and oxygen atoms in total. The van der Waals surface area contributed by atoms with Crippen molar-refractivity contribution in [2.45, 2.75) is 24.9 Å². The second-order valence-corrected chi connectivity index (χ2v) is 9.17. The van der Waals surface area contributed by atoms with Gasteiger partial charge in [0, 0.05) is 17.5 Å². The summed E-state index contributed by atoms with van der Waals surface area (Å²) in [5, 5.41) is 8.49. The van der Waals surface area contributed by atoms with Crippen molar-refractivity contribution in [3.63, 3.8) is 0 Å². The molecule has 1 aliphatic heterocycles. The van der Waals surface area contributed by atoms with Crippen molar-refractivity contribution in [3.8, 4) is 11.5 Å². The quantitative estimate of drug-likeness (QED) is 0.425. The SMILES string of the molecule is COc1ccc(NC(=O)C(c2csnn2)N(C(=O)CN2C(=O)c3ccccc3C2=O)C2CC2)c(OC)c1. The molecule has 190 valence electrons. The predicted molar refractivity (Wildman–Crippen MR) is 133 cm³/mol. The van der Waals surface area contributed by atoms with E-state index >= 15 is 0 Å². The van der Waals surface area contributed by atoms with E-state index in [-0.39, 0.29) is 22.9 Å². The van der Waals surface area contributed by atoms with Crippen molar-refractivity contribution in [3.05, 3.63) is 64.7 Å². The van der Waals surface area contributed by atoms with Gasteiger partial charge in [-0.1, -0.05) is 16.6 Å². The van der Waals surface area contributed by atoms with E-state index in [0.29, 0.717) is 30.0 Å². The van der Waals surface area contributed by atoms with Crippen LogP contribution in [-0.4, -0.2) is 69.8 Å². The molecule has 3 aromatic rings. The highest BCUT2D eigenvalue weighted by atomic mass is 32.1. The summed E-state index contributed by atoms with van der Waals surface area (Å²) in [7, 11) is 2.99. The number of nitrogens with one attached hydrogen (secondary N) is 1. The maximum absolute atomic E-state index is 13.7. The number of aromatic nitrogens is 2. The topological polar surface area (TPSA) is 131 Å². The standard InChI is InChI=1S/C25H23N5O6S/c1-35-15-9-10-18(20(11-15)36-2)26-23(32)22(19-13-37-28-27-19)30(14-7-8-14)21(31)12-29-24(33)16-5-3-4-6-17(16)25(29)34/h3-6,9-11,13-14,22H,7-8,12H2,1-2H3,(H,26,32). The Hall–Kier alpha value is -4.32. The van der Waals surface area contributed by atoms with E-state index in [1.165, 1.54) is 19.1 Å². The summed E-state index contributed by atoms with van der Waals surface area (Å²) in [5.41, 5.74) is 1.17. The van der Waals surface area contributed by atoms with Gasteiger partial charge in [0.05, 0.1) is 31.0 Å². The lowest BCUT2D eigenvalue weighted by Crippen LogP contribution is -2.48. The van der Waals surface area contributed by atoms with Crippen molar-refractivity contribution >= 4 is 40.8 Å². The summed E-state index contributed by atoms with van der Waals surface area (Å²) in [5.74, 6) is -1.22. The van der Waals surface area contributed by atoms with Gasteiger partial charge in [-0.3, -0.25) is 24.1 Å². The Morgan fingerprint density at radius 1 is 1.11 bits per heavy atom. The first kappa shape index (κ1) is 24.4. The van der Waals surface area contributed by atoms with E-state index in [0.717, 1.165) is 16.4 Å². The summed E-state index contributed by atoms with van der Waals surface area (Å²) in [6, 6.07) is 10.00. The van der Waals surface area contributed by atoms with E-state index in [1.54, 1.807) is 47.8 Å². The maximum atomic E-state index is 13.7. The van der Waals surface area contributed by atoms with E-state index in [9.17, 15) is 19.2 Å². The van der Waals surface area contributed by atoms with Crippen LogP contribution in [0.5, 0.6) is 11.5 Å². The van der Waals surface area contributed by atoms with Crippen LogP contribution >= 0.6 is 11.5 Å². The number of carbonyl (C=O) groups excluding carboxylic acids is 4. The van der Waals surface area contributed by atoms with Gasteiger partial charge in [-0.25, -0.2) is 0 Å². The number of nitrogens with zero attached hydrogens (tertiary/aromatic N) is 4. The molecule has 0 bridgehead atoms. The lowest BCUT2D eigenvalue weighted by Gasteiger charge is -2.31. The Morgan fingerprint density at radius 2 is 1.81 bits per heavy atom. The zero-order valence-corrected chi connectivity index (χ0v) is 20.9. The minimum atomic E-state index is -1.12. The zero-order valence-electron chi connectivity index (χ0n) is 20.0.